The zero-order chi connectivity index (χ0) is 15.5. The van der Waals surface area contributed by atoms with Gasteiger partial charge in [0.15, 0.2) is 5.82 Å². The average Bonchev–Trinajstić information content (AvgIpc) is 3.19. The fourth-order valence-electron chi connectivity index (χ4n) is 2.69. The molecular formula is C14H20N6O2. The molecule has 3 heterocycles. The SMILES string of the molecule is CCN1CCN(C(=O)Nc2nocc2C)C[C@@H]1c1ncc[nH]1. The van der Waals surface area contributed by atoms with Gasteiger partial charge in [0.05, 0.1) is 6.04 Å². The lowest BCUT2D eigenvalue weighted by molar-refractivity contribution is 0.0946. The number of aryl methyl sites for hydroxylation is 1. The van der Waals surface area contributed by atoms with Crippen LogP contribution in [0.1, 0.15) is 24.4 Å². The standard InChI is InChI=1S/C14H20N6O2/c1-3-19-6-7-20(8-11(19)13-15-4-5-16-13)14(21)17-12-10(2)9-22-18-12/h4-5,9,11H,3,6-8H2,1-2H3,(H,15,16)(H,17,18,21)/t11-/m1/s1. The molecule has 0 bridgehead atoms. The summed E-state index contributed by atoms with van der Waals surface area (Å²) in [4.78, 5) is 24.0. The van der Waals surface area contributed by atoms with E-state index in [1.165, 1.54) is 6.26 Å². The van der Waals surface area contributed by atoms with E-state index in [0.717, 1.165) is 24.5 Å². The van der Waals surface area contributed by atoms with Gasteiger partial charge in [-0.25, -0.2) is 9.78 Å². The molecular weight excluding hydrogens is 284 g/mol. The predicted octanol–water partition coefficient (Wildman–Crippen LogP) is 1.62. The van der Waals surface area contributed by atoms with E-state index in [0.29, 0.717) is 18.9 Å². The van der Waals surface area contributed by atoms with Crippen LogP contribution >= 0.6 is 0 Å². The first-order chi connectivity index (χ1) is 10.7. The topological polar surface area (TPSA) is 90.3 Å². The first-order valence-electron chi connectivity index (χ1n) is 7.39. The second-order valence-corrected chi connectivity index (χ2v) is 5.34. The quantitative estimate of drug-likeness (QED) is 0.899. The first-order valence-corrected chi connectivity index (χ1v) is 7.39. The summed E-state index contributed by atoms with van der Waals surface area (Å²) in [7, 11) is 0. The number of nitrogens with one attached hydrogen (secondary N) is 2. The highest BCUT2D eigenvalue weighted by molar-refractivity contribution is 5.89. The Morgan fingerprint density at radius 1 is 1.55 bits per heavy atom. The molecule has 1 aliphatic heterocycles. The molecule has 2 N–H and O–H groups in total. The second kappa shape index (κ2) is 6.18. The number of H-pyrrole nitrogens is 1. The van der Waals surface area contributed by atoms with Crippen LogP contribution in [-0.2, 0) is 0 Å². The van der Waals surface area contributed by atoms with Gasteiger partial charge in [0.1, 0.15) is 12.1 Å². The third kappa shape index (κ3) is 2.82. The van der Waals surface area contributed by atoms with Crippen molar-refractivity contribution in [1.82, 2.24) is 24.9 Å². The Bertz CT molecular complexity index is 623. The van der Waals surface area contributed by atoms with Crippen molar-refractivity contribution in [1.29, 1.82) is 0 Å². The minimum Gasteiger partial charge on any atom is -0.362 e. The Kier molecular flexibility index (Phi) is 4.10. The number of anilines is 1. The van der Waals surface area contributed by atoms with Gasteiger partial charge in [0, 0.05) is 37.6 Å². The minimum absolute atomic E-state index is 0.0814. The molecule has 118 valence electrons. The number of rotatable bonds is 3. The molecule has 0 spiro atoms. The van der Waals surface area contributed by atoms with Crippen LogP contribution in [0, 0.1) is 6.92 Å². The van der Waals surface area contributed by atoms with Crippen LogP contribution in [-0.4, -0.2) is 57.1 Å². The molecule has 3 rings (SSSR count). The third-order valence-corrected chi connectivity index (χ3v) is 3.99. The van der Waals surface area contributed by atoms with Gasteiger partial charge in [-0.1, -0.05) is 12.1 Å². The molecule has 8 heteroatoms. The van der Waals surface area contributed by atoms with E-state index in [-0.39, 0.29) is 12.1 Å². The number of amides is 2. The maximum Gasteiger partial charge on any atom is 0.323 e. The fraction of sp³-hybridized carbons (Fsp3) is 0.500. The van der Waals surface area contributed by atoms with Crippen LogP contribution in [0.5, 0.6) is 0 Å². The molecule has 22 heavy (non-hydrogen) atoms. The Morgan fingerprint density at radius 3 is 3.05 bits per heavy atom. The molecule has 1 fully saturated rings. The number of carbonyl (C=O) groups excluding carboxylic acids is 1. The summed E-state index contributed by atoms with van der Waals surface area (Å²) in [6, 6.07) is -0.0813. The van der Waals surface area contributed by atoms with Gasteiger partial charge in [-0.05, 0) is 13.5 Å². The number of aromatic amines is 1. The maximum atomic E-state index is 12.4. The number of likely N-dealkylation sites (N-methyl/N-ethyl adjacent to an activating group) is 1. The Morgan fingerprint density at radius 2 is 2.41 bits per heavy atom. The molecule has 1 saturated heterocycles. The summed E-state index contributed by atoms with van der Waals surface area (Å²) in [5.41, 5.74) is 0.808. The van der Waals surface area contributed by atoms with Gasteiger partial charge < -0.3 is 14.4 Å². The summed E-state index contributed by atoms with van der Waals surface area (Å²) < 4.78 is 4.84. The molecule has 0 aromatic carbocycles. The second-order valence-electron chi connectivity index (χ2n) is 5.34. The van der Waals surface area contributed by atoms with E-state index in [1.54, 1.807) is 17.3 Å². The molecule has 0 saturated carbocycles. The van der Waals surface area contributed by atoms with Gasteiger partial charge >= 0.3 is 6.03 Å². The van der Waals surface area contributed by atoms with Gasteiger partial charge in [0.25, 0.3) is 0 Å². The fourth-order valence-corrected chi connectivity index (χ4v) is 2.69. The first kappa shape index (κ1) is 14.6. The van der Waals surface area contributed by atoms with Crippen molar-refractivity contribution in [2.75, 3.05) is 31.5 Å². The van der Waals surface area contributed by atoms with Crippen LogP contribution in [0.3, 0.4) is 0 Å². The lowest BCUT2D eigenvalue weighted by Gasteiger charge is -2.39. The smallest absolute Gasteiger partial charge is 0.323 e. The van der Waals surface area contributed by atoms with Gasteiger partial charge in [-0.2, -0.15) is 0 Å². The van der Waals surface area contributed by atoms with Crippen molar-refractivity contribution in [2.45, 2.75) is 19.9 Å². The van der Waals surface area contributed by atoms with Gasteiger partial charge in [-0.15, -0.1) is 0 Å². The van der Waals surface area contributed by atoms with E-state index in [9.17, 15) is 4.79 Å². The molecule has 2 aromatic heterocycles. The van der Waals surface area contributed by atoms with E-state index in [1.807, 2.05) is 6.92 Å². The van der Waals surface area contributed by atoms with E-state index >= 15 is 0 Å². The van der Waals surface area contributed by atoms with E-state index in [2.05, 4.69) is 32.3 Å². The number of imidazole rings is 1. The van der Waals surface area contributed by atoms with E-state index < -0.39 is 0 Å². The summed E-state index contributed by atoms with van der Waals surface area (Å²) in [6.07, 6.45) is 5.05. The van der Waals surface area contributed by atoms with Crippen molar-refractivity contribution in [2.24, 2.45) is 0 Å². The number of carbonyl (C=O) groups is 1. The number of piperazine rings is 1. The highest BCUT2D eigenvalue weighted by atomic mass is 16.5. The number of aromatic nitrogens is 3. The summed E-state index contributed by atoms with van der Waals surface area (Å²) in [6.45, 7) is 6.95. The van der Waals surface area contributed by atoms with Crippen LogP contribution in [0.4, 0.5) is 10.6 Å². The number of hydrogen-bond acceptors (Lipinski definition) is 5. The normalized spacial score (nSPS) is 19.4. The summed E-state index contributed by atoms with van der Waals surface area (Å²) in [5.74, 6) is 1.36. The van der Waals surface area contributed by atoms with Crippen LogP contribution in [0.2, 0.25) is 0 Å². The number of hydrogen-bond donors (Lipinski definition) is 2. The molecule has 2 aromatic rings. The highest BCUT2D eigenvalue weighted by Gasteiger charge is 2.31. The molecule has 1 aliphatic rings. The minimum atomic E-state index is -0.163. The van der Waals surface area contributed by atoms with Crippen molar-refractivity contribution in [3.8, 4) is 0 Å². The lowest BCUT2D eigenvalue weighted by Crippen LogP contribution is -2.51. The van der Waals surface area contributed by atoms with Crippen LogP contribution in [0.15, 0.2) is 23.2 Å². The number of nitrogens with zero attached hydrogens (tertiary/aromatic N) is 4. The Balaban J connectivity index is 1.70. The molecule has 1 atom stereocenters. The molecule has 0 aliphatic carbocycles. The summed E-state index contributed by atoms with van der Waals surface area (Å²) in [5, 5.41) is 6.58. The molecule has 8 nitrogen and oxygen atoms in total. The van der Waals surface area contributed by atoms with Gasteiger partial charge in [0.2, 0.25) is 0 Å². The highest BCUT2D eigenvalue weighted by Crippen LogP contribution is 2.23. The molecule has 2 amide bonds. The van der Waals surface area contributed by atoms with Crippen molar-refractivity contribution in [3.63, 3.8) is 0 Å². The largest absolute Gasteiger partial charge is 0.362 e. The Hall–Kier alpha value is -2.35. The van der Waals surface area contributed by atoms with Crippen molar-refractivity contribution < 1.29 is 9.32 Å². The van der Waals surface area contributed by atoms with Crippen LogP contribution < -0.4 is 5.32 Å². The zero-order valence-corrected chi connectivity index (χ0v) is 12.7. The maximum absolute atomic E-state index is 12.4. The summed E-state index contributed by atoms with van der Waals surface area (Å²) >= 11 is 0. The Labute approximate surface area is 128 Å². The molecule has 0 unspecified atom stereocenters. The van der Waals surface area contributed by atoms with Crippen molar-refractivity contribution in [3.05, 3.63) is 30.0 Å². The van der Waals surface area contributed by atoms with E-state index in [4.69, 9.17) is 4.52 Å². The zero-order valence-electron chi connectivity index (χ0n) is 12.7. The molecule has 0 radical (unpaired) electrons. The monoisotopic (exact) mass is 304 g/mol. The average molecular weight is 304 g/mol. The number of urea groups is 1. The van der Waals surface area contributed by atoms with Gasteiger partial charge in [-0.3, -0.25) is 10.2 Å². The van der Waals surface area contributed by atoms with Crippen molar-refractivity contribution >= 4 is 11.8 Å². The lowest BCUT2D eigenvalue weighted by atomic mass is 10.1. The predicted molar refractivity (Wildman–Crippen MR) is 80.4 cm³/mol. The third-order valence-electron chi connectivity index (χ3n) is 3.99. The van der Waals surface area contributed by atoms with Crippen LogP contribution in [0.25, 0.3) is 0 Å².